The lowest BCUT2D eigenvalue weighted by molar-refractivity contribution is -0.384. The van der Waals surface area contributed by atoms with Crippen LogP contribution in [0.4, 0.5) is 15.8 Å². The van der Waals surface area contributed by atoms with Crippen molar-refractivity contribution in [1.82, 2.24) is 0 Å². The molecule has 0 fully saturated rings. The van der Waals surface area contributed by atoms with Crippen molar-refractivity contribution >= 4 is 23.0 Å². The Morgan fingerprint density at radius 3 is 2.79 bits per heavy atom. The van der Waals surface area contributed by atoms with Crippen LogP contribution >= 0.6 is 11.6 Å². The van der Waals surface area contributed by atoms with Crippen LogP contribution in [0.1, 0.15) is 29.5 Å². The average molecular weight is 345 g/mol. The highest BCUT2D eigenvalue weighted by molar-refractivity contribution is 6.33. The molecule has 0 unspecified atom stereocenters. The van der Waals surface area contributed by atoms with Crippen LogP contribution in [0.15, 0.2) is 48.6 Å². The van der Waals surface area contributed by atoms with Gasteiger partial charge in [-0.2, -0.15) is 0 Å². The van der Waals surface area contributed by atoms with Gasteiger partial charge in [0.2, 0.25) is 0 Å². The second-order valence-electron chi connectivity index (χ2n) is 6.15. The van der Waals surface area contributed by atoms with Crippen molar-refractivity contribution in [3.05, 3.63) is 80.6 Å². The molecule has 3 atom stereocenters. The lowest BCUT2D eigenvalue weighted by atomic mass is 9.77. The van der Waals surface area contributed by atoms with E-state index in [4.69, 9.17) is 11.6 Å². The smallest absolute Gasteiger partial charge is 0.271 e. The number of nitrogens with one attached hydrogen (secondary N) is 1. The molecule has 6 heteroatoms. The van der Waals surface area contributed by atoms with Gasteiger partial charge in [0.1, 0.15) is 5.82 Å². The van der Waals surface area contributed by atoms with E-state index in [0.717, 1.165) is 12.0 Å². The summed E-state index contributed by atoms with van der Waals surface area (Å²) in [7, 11) is 0. The predicted molar refractivity (Wildman–Crippen MR) is 90.9 cm³/mol. The van der Waals surface area contributed by atoms with Crippen LogP contribution in [-0.4, -0.2) is 4.92 Å². The minimum atomic E-state index is -0.442. The van der Waals surface area contributed by atoms with E-state index in [-0.39, 0.29) is 29.4 Å². The third kappa shape index (κ3) is 2.27. The molecule has 2 aliphatic rings. The lowest BCUT2D eigenvalue weighted by Crippen LogP contribution is -2.30. The molecule has 2 aromatic rings. The number of fused-ring (bicyclic) bond motifs is 3. The number of nitro groups is 1. The van der Waals surface area contributed by atoms with E-state index < -0.39 is 4.92 Å². The molecule has 122 valence electrons. The Bertz CT molecular complexity index is 868. The van der Waals surface area contributed by atoms with E-state index in [0.29, 0.717) is 16.3 Å². The first-order valence-electron chi connectivity index (χ1n) is 7.71. The molecule has 0 saturated heterocycles. The van der Waals surface area contributed by atoms with Gasteiger partial charge in [-0.3, -0.25) is 10.1 Å². The number of hydrogen-bond acceptors (Lipinski definition) is 3. The van der Waals surface area contributed by atoms with Gasteiger partial charge in [-0.05, 0) is 24.0 Å². The molecule has 1 N–H and O–H groups in total. The first-order valence-corrected chi connectivity index (χ1v) is 8.09. The number of nitro benzene ring substituents is 1. The van der Waals surface area contributed by atoms with Gasteiger partial charge in [-0.25, -0.2) is 4.39 Å². The Kier molecular flexibility index (Phi) is 3.53. The number of anilines is 1. The van der Waals surface area contributed by atoms with Crippen LogP contribution in [0.3, 0.4) is 0 Å². The molecule has 0 amide bonds. The van der Waals surface area contributed by atoms with Gasteiger partial charge in [-0.1, -0.05) is 42.0 Å². The fraction of sp³-hybridized carbons (Fsp3) is 0.222. The number of halogens is 2. The highest BCUT2D eigenvalue weighted by atomic mass is 35.5. The summed E-state index contributed by atoms with van der Waals surface area (Å²) in [4.78, 5) is 10.7. The number of benzene rings is 2. The fourth-order valence-corrected chi connectivity index (χ4v) is 4.06. The maximum absolute atomic E-state index is 14.3. The number of allylic oxidation sites excluding steroid dienone is 2. The van der Waals surface area contributed by atoms with Gasteiger partial charge in [0.15, 0.2) is 0 Å². The van der Waals surface area contributed by atoms with Crippen LogP contribution in [0.2, 0.25) is 5.02 Å². The van der Waals surface area contributed by atoms with Crippen molar-refractivity contribution in [3.8, 4) is 0 Å². The van der Waals surface area contributed by atoms with Crippen molar-refractivity contribution < 1.29 is 9.31 Å². The molecule has 4 rings (SSSR count). The van der Waals surface area contributed by atoms with Gasteiger partial charge in [0.25, 0.3) is 5.69 Å². The molecule has 1 heterocycles. The number of rotatable bonds is 2. The molecule has 4 nitrogen and oxygen atoms in total. The quantitative estimate of drug-likeness (QED) is 0.462. The average Bonchev–Trinajstić information content (AvgIpc) is 3.05. The van der Waals surface area contributed by atoms with Crippen molar-refractivity contribution in [2.75, 3.05) is 5.32 Å². The second-order valence-corrected chi connectivity index (χ2v) is 6.55. The Morgan fingerprint density at radius 2 is 2.04 bits per heavy atom. The summed E-state index contributed by atoms with van der Waals surface area (Å²) < 4.78 is 14.3. The second kappa shape index (κ2) is 5.60. The largest absolute Gasteiger partial charge is 0.376 e. The van der Waals surface area contributed by atoms with Gasteiger partial charge in [0, 0.05) is 23.6 Å². The molecular weight excluding hydrogens is 331 g/mol. The Balaban J connectivity index is 1.85. The highest BCUT2D eigenvalue weighted by Crippen LogP contribution is 2.52. The maximum Gasteiger partial charge on any atom is 0.271 e. The van der Waals surface area contributed by atoms with Crippen molar-refractivity contribution in [3.63, 3.8) is 0 Å². The van der Waals surface area contributed by atoms with Gasteiger partial charge < -0.3 is 5.32 Å². The van der Waals surface area contributed by atoms with Crippen LogP contribution in [0.25, 0.3) is 0 Å². The van der Waals surface area contributed by atoms with Crippen LogP contribution in [0, 0.1) is 21.8 Å². The third-order valence-corrected chi connectivity index (χ3v) is 5.15. The van der Waals surface area contributed by atoms with E-state index in [9.17, 15) is 14.5 Å². The van der Waals surface area contributed by atoms with E-state index in [1.165, 1.54) is 12.1 Å². The molecule has 24 heavy (non-hydrogen) atoms. The van der Waals surface area contributed by atoms with Gasteiger partial charge in [-0.15, -0.1) is 0 Å². The normalized spacial score (nSPS) is 24.2. The summed E-state index contributed by atoms with van der Waals surface area (Å²) in [5.74, 6) is -0.169. The van der Waals surface area contributed by atoms with Crippen molar-refractivity contribution in [2.24, 2.45) is 5.92 Å². The van der Waals surface area contributed by atoms with Crippen LogP contribution in [-0.2, 0) is 0 Å². The summed E-state index contributed by atoms with van der Waals surface area (Å²) in [5.41, 5.74) is 2.03. The summed E-state index contributed by atoms with van der Waals surface area (Å²) in [6, 6.07) is 9.37. The third-order valence-electron chi connectivity index (χ3n) is 4.86. The minimum Gasteiger partial charge on any atom is -0.376 e. The first-order chi connectivity index (χ1) is 11.6. The van der Waals surface area contributed by atoms with Gasteiger partial charge >= 0.3 is 0 Å². The monoisotopic (exact) mass is 344 g/mol. The zero-order valence-corrected chi connectivity index (χ0v) is 13.3. The van der Waals surface area contributed by atoms with Gasteiger partial charge in [0.05, 0.1) is 21.7 Å². The predicted octanol–water partition coefficient (Wildman–Crippen LogP) is 5.21. The fourth-order valence-electron chi connectivity index (χ4n) is 3.78. The standard InChI is InChI=1S/C18H14ClFN2O2/c19-15-9-10(22(23)24)8-14-11-5-3-6-12(11)17(21-18(14)15)13-4-1-2-7-16(13)20/h1-5,7-9,11-12,17,21H,6H2/t11-,12-,17-/m1/s1. The molecule has 0 radical (unpaired) electrons. The molecule has 1 aliphatic carbocycles. The molecule has 0 bridgehead atoms. The maximum atomic E-state index is 14.3. The SMILES string of the molecule is O=[N+]([O-])c1cc(Cl)c2c(c1)[C@@H]1C=CC[C@H]1[C@H](c1ccccc1F)N2. The minimum absolute atomic E-state index is 0.0109. The first kappa shape index (κ1) is 15.1. The molecular formula is C18H14ClFN2O2. The topological polar surface area (TPSA) is 55.2 Å². The van der Waals surface area contributed by atoms with E-state index in [1.807, 2.05) is 18.2 Å². The summed E-state index contributed by atoms with van der Waals surface area (Å²) in [5, 5.41) is 14.7. The molecule has 0 saturated carbocycles. The van der Waals surface area contributed by atoms with Crippen LogP contribution in [0.5, 0.6) is 0 Å². The van der Waals surface area contributed by atoms with Crippen molar-refractivity contribution in [2.45, 2.75) is 18.4 Å². The lowest BCUT2D eigenvalue weighted by Gasteiger charge is -2.37. The van der Waals surface area contributed by atoms with E-state index in [1.54, 1.807) is 18.2 Å². The number of hydrogen-bond donors (Lipinski definition) is 1. The zero-order chi connectivity index (χ0) is 16.8. The zero-order valence-electron chi connectivity index (χ0n) is 12.6. The Morgan fingerprint density at radius 1 is 1.25 bits per heavy atom. The molecule has 0 spiro atoms. The molecule has 0 aromatic heterocycles. The molecule has 2 aromatic carbocycles. The van der Waals surface area contributed by atoms with Crippen molar-refractivity contribution in [1.29, 1.82) is 0 Å². The van der Waals surface area contributed by atoms with Crippen LogP contribution < -0.4 is 5.32 Å². The Labute approximate surface area is 143 Å². The summed E-state index contributed by atoms with van der Waals surface area (Å²) in [6.07, 6.45) is 4.88. The highest BCUT2D eigenvalue weighted by Gasteiger charge is 2.40. The van der Waals surface area contributed by atoms with E-state index >= 15 is 0 Å². The number of nitrogens with zero attached hydrogens (tertiary/aromatic N) is 1. The summed E-state index contributed by atoms with van der Waals surface area (Å²) in [6.45, 7) is 0. The summed E-state index contributed by atoms with van der Waals surface area (Å²) >= 11 is 6.29. The molecule has 1 aliphatic heterocycles. The Hall–Kier alpha value is -2.40. The number of non-ortho nitro benzene ring substituents is 1. The van der Waals surface area contributed by atoms with E-state index in [2.05, 4.69) is 5.32 Å².